The maximum atomic E-state index is 13.5. The predicted octanol–water partition coefficient (Wildman–Crippen LogP) is 2.18. The quantitative estimate of drug-likeness (QED) is 0.457. The number of carbonyl (C=O) groups is 2. The van der Waals surface area contributed by atoms with Gasteiger partial charge in [0, 0.05) is 20.0 Å². The first-order valence-corrected chi connectivity index (χ1v) is 11.4. The van der Waals surface area contributed by atoms with Crippen molar-refractivity contribution in [3.63, 3.8) is 0 Å². The zero-order valence-corrected chi connectivity index (χ0v) is 20.5. The van der Waals surface area contributed by atoms with Gasteiger partial charge in [0.25, 0.3) is 5.56 Å². The molecule has 186 valence electrons. The summed E-state index contributed by atoms with van der Waals surface area (Å²) in [4.78, 5) is 54.1. The first kappa shape index (κ1) is 26.7. The largest absolute Gasteiger partial charge is 0.497 e. The highest BCUT2D eigenvalue weighted by Crippen LogP contribution is 2.25. The Kier molecular flexibility index (Phi) is 9.47. The normalized spacial score (nSPS) is 11.8. The Morgan fingerprint density at radius 2 is 1.85 bits per heavy atom. The van der Waals surface area contributed by atoms with Gasteiger partial charge in [0.1, 0.15) is 11.6 Å². The number of nitrogens with zero attached hydrogens (tertiary/aromatic N) is 2. The Balaban J connectivity index is 2.49. The second-order valence-electron chi connectivity index (χ2n) is 8.63. The maximum Gasteiger partial charge on any atom is 0.330 e. The second-order valence-corrected chi connectivity index (χ2v) is 8.63. The van der Waals surface area contributed by atoms with Gasteiger partial charge < -0.3 is 20.7 Å². The van der Waals surface area contributed by atoms with Crippen LogP contribution in [-0.2, 0) is 16.1 Å². The van der Waals surface area contributed by atoms with E-state index in [-0.39, 0.29) is 36.3 Å². The Bertz CT molecular complexity index is 1100. The molecule has 1 unspecified atom stereocenters. The van der Waals surface area contributed by atoms with E-state index >= 15 is 0 Å². The van der Waals surface area contributed by atoms with Crippen LogP contribution < -0.4 is 31.9 Å². The van der Waals surface area contributed by atoms with E-state index < -0.39 is 23.2 Å². The van der Waals surface area contributed by atoms with Gasteiger partial charge in [-0.1, -0.05) is 39.3 Å². The summed E-state index contributed by atoms with van der Waals surface area (Å²) in [5, 5.41) is 2.80. The van der Waals surface area contributed by atoms with E-state index in [4.69, 9.17) is 10.5 Å². The van der Waals surface area contributed by atoms with Crippen molar-refractivity contribution < 1.29 is 14.3 Å². The van der Waals surface area contributed by atoms with Crippen molar-refractivity contribution >= 4 is 23.3 Å². The topological polar surface area (TPSA) is 140 Å². The third kappa shape index (κ3) is 6.72. The molecule has 34 heavy (non-hydrogen) atoms. The number of nitrogens with one attached hydrogen (secondary N) is 2. The number of aromatic amines is 1. The summed E-state index contributed by atoms with van der Waals surface area (Å²) >= 11 is 0. The molecule has 10 heteroatoms. The number of ether oxygens (including phenoxy) is 1. The fraction of sp³-hybridized carbons (Fsp3) is 0.500. The standard InChI is InChI=1S/C24H35N5O5/c1-6-7-12-28(21-22(25)29(14-15(2)3)24(33)27-23(21)32)20(31)13-19(26-16(4)30)17-8-10-18(34-5)11-9-17/h8-11,15,19H,6-7,12-14,25H2,1-5H3,(H,26,30)(H,27,32,33). The van der Waals surface area contributed by atoms with Gasteiger partial charge in [-0.15, -0.1) is 0 Å². The first-order chi connectivity index (χ1) is 16.1. The van der Waals surface area contributed by atoms with Gasteiger partial charge >= 0.3 is 5.69 Å². The van der Waals surface area contributed by atoms with Crippen molar-refractivity contribution in [1.29, 1.82) is 0 Å². The number of rotatable bonds is 11. The van der Waals surface area contributed by atoms with E-state index in [1.165, 1.54) is 16.4 Å². The molecule has 0 aliphatic carbocycles. The van der Waals surface area contributed by atoms with E-state index in [9.17, 15) is 19.2 Å². The molecule has 2 rings (SSSR count). The molecule has 10 nitrogen and oxygen atoms in total. The highest BCUT2D eigenvalue weighted by molar-refractivity contribution is 5.96. The SMILES string of the molecule is CCCCN(C(=O)CC(NC(C)=O)c1ccc(OC)cc1)c1c(N)n(CC(C)C)c(=O)[nH]c1=O. The van der Waals surface area contributed by atoms with Crippen molar-refractivity contribution in [3.05, 3.63) is 50.7 Å². The van der Waals surface area contributed by atoms with Crippen LogP contribution in [0.15, 0.2) is 33.9 Å². The van der Waals surface area contributed by atoms with Gasteiger partial charge in [0.2, 0.25) is 11.8 Å². The lowest BCUT2D eigenvalue weighted by atomic mass is 10.0. The first-order valence-electron chi connectivity index (χ1n) is 11.4. The minimum Gasteiger partial charge on any atom is -0.497 e. The number of H-pyrrole nitrogens is 1. The van der Waals surface area contributed by atoms with Crippen LogP contribution in [0.3, 0.4) is 0 Å². The summed E-state index contributed by atoms with van der Waals surface area (Å²) in [5.74, 6) is 0.00432. The van der Waals surface area contributed by atoms with Gasteiger partial charge in [-0.25, -0.2) is 4.79 Å². The number of aromatic nitrogens is 2. The minimum atomic E-state index is -0.715. The fourth-order valence-corrected chi connectivity index (χ4v) is 3.68. The third-order valence-corrected chi connectivity index (χ3v) is 5.34. The van der Waals surface area contributed by atoms with Crippen molar-refractivity contribution in [2.45, 2.75) is 59.5 Å². The molecule has 2 amide bonds. The summed E-state index contributed by atoms with van der Waals surface area (Å²) in [6.45, 7) is 7.73. The monoisotopic (exact) mass is 473 g/mol. The molecular formula is C24H35N5O5. The molecule has 0 aliphatic heterocycles. The van der Waals surface area contributed by atoms with Gasteiger partial charge in [0.15, 0.2) is 5.69 Å². The van der Waals surface area contributed by atoms with E-state index in [1.54, 1.807) is 31.4 Å². The van der Waals surface area contributed by atoms with Crippen LogP contribution in [0.2, 0.25) is 0 Å². The van der Waals surface area contributed by atoms with E-state index in [0.717, 1.165) is 6.42 Å². The number of hydrogen-bond acceptors (Lipinski definition) is 6. The van der Waals surface area contributed by atoms with Crippen LogP contribution in [0, 0.1) is 5.92 Å². The predicted molar refractivity (Wildman–Crippen MR) is 132 cm³/mol. The molecule has 1 aromatic heterocycles. The Morgan fingerprint density at radius 1 is 1.21 bits per heavy atom. The number of unbranched alkanes of at least 4 members (excludes halogenated alkanes) is 1. The van der Waals surface area contributed by atoms with Crippen molar-refractivity contribution in [2.24, 2.45) is 5.92 Å². The Morgan fingerprint density at radius 3 is 2.38 bits per heavy atom. The molecule has 4 N–H and O–H groups in total. The zero-order valence-electron chi connectivity index (χ0n) is 20.5. The molecule has 0 radical (unpaired) electrons. The maximum absolute atomic E-state index is 13.5. The lowest BCUT2D eigenvalue weighted by molar-refractivity contribution is -0.121. The van der Waals surface area contributed by atoms with Crippen molar-refractivity contribution in [1.82, 2.24) is 14.9 Å². The molecule has 1 aromatic carbocycles. The van der Waals surface area contributed by atoms with Gasteiger partial charge in [0.05, 0.1) is 19.6 Å². The third-order valence-electron chi connectivity index (χ3n) is 5.34. The number of benzene rings is 1. The lowest BCUT2D eigenvalue weighted by Gasteiger charge is -2.27. The van der Waals surface area contributed by atoms with Crippen LogP contribution in [0.1, 0.15) is 58.6 Å². The average molecular weight is 474 g/mol. The Hall–Kier alpha value is -3.56. The number of nitrogens with two attached hydrogens (primary N) is 1. The van der Waals surface area contributed by atoms with Crippen LogP contribution in [0.25, 0.3) is 0 Å². The highest BCUT2D eigenvalue weighted by atomic mass is 16.5. The summed E-state index contributed by atoms with van der Waals surface area (Å²) in [6.07, 6.45) is 1.31. The average Bonchev–Trinajstić information content (AvgIpc) is 2.77. The summed E-state index contributed by atoms with van der Waals surface area (Å²) < 4.78 is 6.46. The van der Waals surface area contributed by atoms with E-state index in [1.807, 2.05) is 20.8 Å². The van der Waals surface area contributed by atoms with Gasteiger partial charge in [-0.3, -0.25) is 23.9 Å². The molecule has 0 saturated heterocycles. The smallest absolute Gasteiger partial charge is 0.330 e. The van der Waals surface area contributed by atoms with Crippen LogP contribution in [0.5, 0.6) is 5.75 Å². The Labute approximate surface area is 199 Å². The molecule has 0 aliphatic rings. The van der Waals surface area contributed by atoms with Crippen molar-refractivity contribution in [3.8, 4) is 5.75 Å². The number of amides is 2. The minimum absolute atomic E-state index is 0.0463. The second kappa shape index (κ2) is 12.1. The lowest BCUT2D eigenvalue weighted by Crippen LogP contribution is -2.43. The van der Waals surface area contributed by atoms with Gasteiger partial charge in [-0.05, 0) is 30.0 Å². The molecule has 2 aromatic rings. The molecular weight excluding hydrogens is 438 g/mol. The van der Waals surface area contributed by atoms with E-state index in [0.29, 0.717) is 24.3 Å². The summed E-state index contributed by atoms with van der Waals surface area (Å²) in [5.41, 5.74) is 5.60. The number of hydrogen-bond donors (Lipinski definition) is 3. The molecule has 0 bridgehead atoms. The van der Waals surface area contributed by atoms with Crippen LogP contribution in [0.4, 0.5) is 11.5 Å². The summed E-state index contributed by atoms with van der Waals surface area (Å²) in [6, 6.07) is 6.41. The van der Waals surface area contributed by atoms with E-state index in [2.05, 4.69) is 10.3 Å². The highest BCUT2D eigenvalue weighted by Gasteiger charge is 2.27. The van der Waals surface area contributed by atoms with Crippen molar-refractivity contribution in [2.75, 3.05) is 24.3 Å². The number of methoxy groups -OCH3 is 1. The molecule has 1 atom stereocenters. The fourth-order valence-electron chi connectivity index (χ4n) is 3.68. The summed E-state index contributed by atoms with van der Waals surface area (Å²) in [7, 11) is 1.55. The molecule has 0 saturated carbocycles. The molecule has 1 heterocycles. The molecule has 0 spiro atoms. The molecule has 0 fully saturated rings. The van der Waals surface area contributed by atoms with Crippen LogP contribution >= 0.6 is 0 Å². The number of carbonyl (C=O) groups excluding carboxylic acids is 2. The number of nitrogen functional groups attached to an aromatic ring is 1. The van der Waals surface area contributed by atoms with Gasteiger partial charge in [-0.2, -0.15) is 0 Å². The number of anilines is 2. The van der Waals surface area contributed by atoms with Crippen LogP contribution in [-0.4, -0.2) is 35.0 Å². The zero-order chi connectivity index (χ0) is 25.4.